The van der Waals surface area contributed by atoms with Gasteiger partial charge in [0.2, 0.25) is 11.8 Å². The van der Waals surface area contributed by atoms with Gasteiger partial charge in [-0.3, -0.25) is 14.7 Å². The molecule has 5 aromatic rings. The second-order valence-electron chi connectivity index (χ2n) is 8.31. The Hall–Kier alpha value is -4.86. The molecule has 1 atom stereocenters. The highest BCUT2D eigenvalue weighted by atomic mass is 19.1. The van der Waals surface area contributed by atoms with E-state index in [0.717, 1.165) is 11.0 Å². The number of imidazole rings is 1. The van der Waals surface area contributed by atoms with Gasteiger partial charge in [0, 0.05) is 17.5 Å². The number of ether oxygens (including phenoxy) is 1. The first-order valence-corrected chi connectivity index (χ1v) is 11.3. The number of nitro groups is 1. The van der Waals surface area contributed by atoms with Crippen molar-refractivity contribution in [1.29, 1.82) is 0 Å². The number of benzene rings is 3. The molecule has 0 amide bonds. The molecule has 0 saturated heterocycles. The number of para-hydroxylation sites is 2. The van der Waals surface area contributed by atoms with Crippen LogP contribution in [0.5, 0.6) is 5.75 Å². The fraction of sp³-hybridized carbons (Fsp3) is 0.115. The minimum absolute atomic E-state index is 0.0312. The lowest BCUT2D eigenvalue weighted by Gasteiger charge is -2.27. The maximum Gasteiger partial charge on any atom is 0.337 e. The zero-order valence-electron chi connectivity index (χ0n) is 18.8. The molecule has 0 radical (unpaired) electrons. The number of anilines is 1. The van der Waals surface area contributed by atoms with Gasteiger partial charge < -0.3 is 10.1 Å². The number of aromatic nitrogens is 4. The van der Waals surface area contributed by atoms with Crippen LogP contribution in [0.15, 0.2) is 79.1 Å². The van der Waals surface area contributed by atoms with Crippen molar-refractivity contribution in [3.63, 3.8) is 0 Å². The predicted molar refractivity (Wildman–Crippen MR) is 132 cm³/mol. The molecule has 0 fully saturated rings. The van der Waals surface area contributed by atoms with Crippen molar-refractivity contribution in [3.05, 3.63) is 101 Å². The topological polar surface area (TPSA) is 108 Å². The molecule has 0 spiro atoms. The second-order valence-corrected chi connectivity index (χ2v) is 8.31. The Kier molecular flexibility index (Phi) is 5.25. The molecule has 2 aromatic heterocycles. The van der Waals surface area contributed by atoms with E-state index in [2.05, 4.69) is 20.3 Å². The molecule has 3 aromatic carbocycles. The highest BCUT2D eigenvalue weighted by molar-refractivity contribution is 5.80. The average Bonchev–Trinajstić information content (AvgIpc) is 3.33. The number of nitrogens with one attached hydrogen (secondary N) is 1. The normalized spacial score (nSPS) is 14.8. The van der Waals surface area contributed by atoms with Gasteiger partial charge in [-0.05, 0) is 30.3 Å². The van der Waals surface area contributed by atoms with Crippen LogP contribution in [0.1, 0.15) is 18.0 Å². The van der Waals surface area contributed by atoms with Gasteiger partial charge in [0.25, 0.3) is 0 Å². The Morgan fingerprint density at radius 1 is 1.06 bits per heavy atom. The van der Waals surface area contributed by atoms with Crippen LogP contribution in [0, 0.1) is 15.9 Å². The Morgan fingerprint density at radius 2 is 1.86 bits per heavy atom. The third kappa shape index (κ3) is 3.78. The van der Waals surface area contributed by atoms with E-state index in [9.17, 15) is 14.5 Å². The fourth-order valence-corrected chi connectivity index (χ4v) is 4.42. The van der Waals surface area contributed by atoms with Gasteiger partial charge in [-0.2, -0.15) is 4.98 Å². The van der Waals surface area contributed by atoms with Gasteiger partial charge in [-0.15, -0.1) is 0 Å². The quantitative estimate of drug-likeness (QED) is 0.262. The van der Waals surface area contributed by atoms with Crippen LogP contribution in [-0.2, 0) is 0 Å². The van der Waals surface area contributed by atoms with Crippen LogP contribution < -0.4 is 10.1 Å². The van der Waals surface area contributed by atoms with Crippen molar-refractivity contribution in [2.45, 2.75) is 12.5 Å². The molecule has 3 heterocycles. The van der Waals surface area contributed by atoms with Gasteiger partial charge in [0.05, 0.1) is 28.6 Å². The van der Waals surface area contributed by atoms with E-state index in [1.165, 1.54) is 12.1 Å². The summed E-state index contributed by atoms with van der Waals surface area (Å²) < 4.78 is 21.4. The van der Waals surface area contributed by atoms with Gasteiger partial charge in [-0.25, -0.2) is 14.4 Å². The van der Waals surface area contributed by atoms with Crippen molar-refractivity contribution in [2.75, 3.05) is 11.9 Å². The smallest absolute Gasteiger partial charge is 0.337 e. The van der Waals surface area contributed by atoms with E-state index in [1.54, 1.807) is 41.2 Å². The van der Waals surface area contributed by atoms with Gasteiger partial charge in [0.1, 0.15) is 17.9 Å². The van der Waals surface area contributed by atoms with Crippen LogP contribution in [0.25, 0.3) is 28.2 Å². The van der Waals surface area contributed by atoms with Crippen LogP contribution >= 0.6 is 0 Å². The number of fused-ring (bicyclic) bond motifs is 2. The maximum atomic E-state index is 14.1. The summed E-state index contributed by atoms with van der Waals surface area (Å²) in [6, 6.07) is 20.2. The van der Waals surface area contributed by atoms with Crippen LogP contribution in [0.4, 0.5) is 15.9 Å². The summed E-state index contributed by atoms with van der Waals surface area (Å²) in [6.07, 6.45) is 2.06. The van der Waals surface area contributed by atoms with E-state index < -0.39 is 16.8 Å². The maximum absolute atomic E-state index is 14.1. The van der Waals surface area contributed by atoms with Crippen molar-refractivity contribution < 1.29 is 14.1 Å². The molecule has 0 unspecified atom stereocenters. The van der Waals surface area contributed by atoms with Crippen molar-refractivity contribution in [1.82, 2.24) is 19.5 Å². The van der Waals surface area contributed by atoms with Crippen molar-refractivity contribution >= 4 is 22.5 Å². The Morgan fingerprint density at radius 3 is 2.69 bits per heavy atom. The summed E-state index contributed by atoms with van der Waals surface area (Å²) in [6.45, 7) is 0.375. The molecule has 1 aliphatic heterocycles. The van der Waals surface area contributed by atoms with Gasteiger partial charge >= 0.3 is 5.69 Å². The minimum atomic E-state index is -0.494. The SMILES string of the molecule is O=[N+]([O-])c1c(N[C@@H]2CCOc3ccc(F)cc32)nc(-n2cnc3ccccc32)nc1-c1ccccc1. The van der Waals surface area contributed by atoms with E-state index in [0.29, 0.717) is 29.9 Å². The Bertz CT molecular complexity index is 1600. The number of nitrogens with zero attached hydrogens (tertiary/aromatic N) is 5. The highest BCUT2D eigenvalue weighted by Crippen LogP contribution is 2.40. The molecule has 10 heteroatoms. The second kappa shape index (κ2) is 8.73. The fourth-order valence-electron chi connectivity index (χ4n) is 4.42. The summed E-state index contributed by atoms with van der Waals surface area (Å²) in [4.78, 5) is 25.5. The third-order valence-electron chi connectivity index (χ3n) is 6.09. The highest BCUT2D eigenvalue weighted by Gasteiger charge is 2.30. The monoisotopic (exact) mass is 482 g/mol. The number of hydrogen-bond acceptors (Lipinski definition) is 7. The van der Waals surface area contributed by atoms with E-state index >= 15 is 0 Å². The molecule has 0 saturated carbocycles. The summed E-state index contributed by atoms with van der Waals surface area (Å²) in [5.41, 5.74) is 2.54. The summed E-state index contributed by atoms with van der Waals surface area (Å²) in [7, 11) is 0. The minimum Gasteiger partial charge on any atom is -0.493 e. The third-order valence-corrected chi connectivity index (χ3v) is 6.09. The lowest BCUT2D eigenvalue weighted by molar-refractivity contribution is -0.383. The number of halogens is 1. The average molecular weight is 482 g/mol. The molecular formula is C26H19FN6O3. The Labute approximate surface area is 204 Å². The first-order valence-electron chi connectivity index (χ1n) is 11.3. The molecule has 178 valence electrons. The molecule has 0 bridgehead atoms. The lowest BCUT2D eigenvalue weighted by atomic mass is 10.00. The summed E-state index contributed by atoms with van der Waals surface area (Å²) in [5, 5.41) is 15.6. The van der Waals surface area contributed by atoms with E-state index in [4.69, 9.17) is 4.74 Å². The lowest BCUT2D eigenvalue weighted by Crippen LogP contribution is -2.22. The van der Waals surface area contributed by atoms with Gasteiger partial charge in [0.15, 0.2) is 5.69 Å². The summed E-state index contributed by atoms with van der Waals surface area (Å²) in [5.74, 6) is 0.366. The standard InChI is InChI=1S/C26H19FN6O3/c27-17-10-11-22-18(14-17)19(12-13-36-22)29-25-24(33(34)35)23(16-6-2-1-3-7-16)30-26(31-25)32-15-28-20-8-4-5-9-21(20)32/h1-11,14-15,19H,12-13H2,(H,29,30,31)/t19-/m1/s1. The van der Waals surface area contributed by atoms with Crippen molar-refractivity contribution in [2.24, 2.45) is 0 Å². The molecule has 1 aliphatic rings. The van der Waals surface area contributed by atoms with Crippen molar-refractivity contribution in [3.8, 4) is 23.0 Å². The number of hydrogen-bond donors (Lipinski definition) is 1. The molecule has 9 nitrogen and oxygen atoms in total. The van der Waals surface area contributed by atoms with Crippen LogP contribution in [-0.4, -0.2) is 31.0 Å². The van der Waals surface area contributed by atoms with E-state index in [-0.39, 0.29) is 23.1 Å². The first kappa shape index (κ1) is 21.7. The van der Waals surface area contributed by atoms with Gasteiger partial charge in [-0.1, -0.05) is 42.5 Å². The summed E-state index contributed by atoms with van der Waals surface area (Å²) >= 11 is 0. The Balaban J connectivity index is 1.56. The van der Waals surface area contributed by atoms with E-state index in [1.807, 2.05) is 30.3 Å². The first-order chi connectivity index (χ1) is 17.6. The molecule has 36 heavy (non-hydrogen) atoms. The molecule has 6 rings (SSSR count). The van der Waals surface area contributed by atoms with Crippen LogP contribution in [0.2, 0.25) is 0 Å². The zero-order valence-corrected chi connectivity index (χ0v) is 18.8. The van der Waals surface area contributed by atoms with Crippen LogP contribution in [0.3, 0.4) is 0 Å². The predicted octanol–water partition coefficient (Wildman–Crippen LogP) is 5.47. The number of rotatable bonds is 5. The molecule has 0 aliphatic carbocycles. The molecule has 1 N–H and O–H groups in total. The zero-order chi connectivity index (χ0) is 24.6. The largest absolute Gasteiger partial charge is 0.493 e. The molecular weight excluding hydrogens is 463 g/mol.